The molecule has 0 amide bonds. The lowest BCUT2D eigenvalue weighted by Crippen LogP contribution is -2.00. The number of benzene rings is 1. The summed E-state index contributed by atoms with van der Waals surface area (Å²) in [7, 11) is 3.28. The maximum absolute atomic E-state index is 5.42. The quantitative estimate of drug-likeness (QED) is 0.488. The van der Waals surface area contributed by atoms with Gasteiger partial charge in [-0.05, 0) is 42.7 Å². The second-order valence-electron chi connectivity index (χ2n) is 6.23. The fraction of sp³-hybridized carbons (Fsp3) is 0.316. The Bertz CT molecular complexity index is 944. The summed E-state index contributed by atoms with van der Waals surface area (Å²) in [4.78, 5) is 4.09. The number of halogens is 1. The van der Waals surface area contributed by atoms with Crippen molar-refractivity contribution < 1.29 is 9.47 Å². The molecule has 0 aliphatic heterocycles. The highest BCUT2D eigenvalue weighted by molar-refractivity contribution is 9.10. The van der Waals surface area contributed by atoms with Gasteiger partial charge in [-0.1, -0.05) is 27.7 Å². The van der Waals surface area contributed by atoms with Crippen LogP contribution in [0.1, 0.15) is 24.4 Å². The predicted octanol–water partition coefficient (Wildman–Crippen LogP) is 4.75. The van der Waals surface area contributed by atoms with E-state index in [9.17, 15) is 0 Å². The van der Waals surface area contributed by atoms with Crippen molar-refractivity contribution in [2.24, 2.45) is 0 Å². The Kier molecular flexibility index (Phi) is 5.36. The van der Waals surface area contributed by atoms with Crippen molar-refractivity contribution >= 4 is 27.7 Å². The largest absolute Gasteiger partial charge is 0.493 e. The Morgan fingerprint density at radius 1 is 1.11 bits per heavy atom. The molecule has 1 aliphatic carbocycles. The first-order chi connectivity index (χ1) is 13.2. The van der Waals surface area contributed by atoms with E-state index in [-0.39, 0.29) is 0 Å². The zero-order chi connectivity index (χ0) is 18.8. The third-order valence-corrected chi connectivity index (χ3v) is 6.15. The molecule has 6 nitrogen and oxygen atoms in total. The number of aromatic nitrogens is 4. The topological polar surface area (TPSA) is 62.1 Å². The molecular weight excluding hydrogens is 428 g/mol. The normalized spacial score (nSPS) is 13.6. The van der Waals surface area contributed by atoms with Crippen LogP contribution in [0.2, 0.25) is 0 Å². The van der Waals surface area contributed by atoms with Crippen molar-refractivity contribution in [2.75, 3.05) is 14.2 Å². The van der Waals surface area contributed by atoms with Gasteiger partial charge in [-0.25, -0.2) is 0 Å². The van der Waals surface area contributed by atoms with E-state index in [0.29, 0.717) is 11.8 Å². The summed E-state index contributed by atoms with van der Waals surface area (Å²) in [6, 6.07) is 8.37. The first-order valence-electron chi connectivity index (χ1n) is 8.59. The summed E-state index contributed by atoms with van der Waals surface area (Å²) in [5, 5.41) is 9.85. The minimum absolute atomic E-state index is 0.486. The Balaban J connectivity index is 1.60. The Hall–Kier alpha value is -2.06. The molecule has 2 heterocycles. The number of thioether (sulfide) groups is 1. The molecule has 0 spiro atoms. The number of ether oxygens (including phenoxy) is 2. The molecule has 1 aromatic carbocycles. The summed E-state index contributed by atoms with van der Waals surface area (Å²) >= 11 is 5.31. The summed E-state index contributed by atoms with van der Waals surface area (Å²) < 4.78 is 14.0. The molecule has 1 fully saturated rings. The molecule has 0 saturated heterocycles. The highest BCUT2D eigenvalue weighted by atomic mass is 79.9. The van der Waals surface area contributed by atoms with Crippen molar-refractivity contribution in [3.8, 4) is 22.9 Å². The van der Waals surface area contributed by atoms with E-state index in [4.69, 9.17) is 9.47 Å². The molecule has 1 saturated carbocycles. The molecule has 1 aliphatic rings. The van der Waals surface area contributed by atoms with Crippen LogP contribution >= 0.6 is 27.7 Å². The smallest absolute Gasteiger partial charge is 0.192 e. The number of methoxy groups -OCH3 is 2. The van der Waals surface area contributed by atoms with Crippen LogP contribution in [0.15, 0.2) is 46.3 Å². The van der Waals surface area contributed by atoms with E-state index < -0.39 is 0 Å². The maximum Gasteiger partial charge on any atom is 0.192 e. The van der Waals surface area contributed by atoms with E-state index in [2.05, 4.69) is 35.7 Å². The zero-order valence-corrected chi connectivity index (χ0v) is 17.5. The summed E-state index contributed by atoms with van der Waals surface area (Å²) in [5.41, 5.74) is 2.16. The first kappa shape index (κ1) is 18.3. The maximum atomic E-state index is 5.42. The summed E-state index contributed by atoms with van der Waals surface area (Å²) in [6.07, 6.45) is 5.91. The van der Waals surface area contributed by atoms with Crippen molar-refractivity contribution in [3.05, 3.63) is 46.7 Å². The van der Waals surface area contributed by atoms with Gasteiger partial charge in [0.15, 0.2) is 22.5 Å². The van der Waals surface area contributed by atoms with Gasteiger partial charge < -0.3 is 9.47 Å². The van der Waals surface area contributed by atoms with Crippen LogP contribution in [0.3, 0.4) is 0 Å². The third-order valence-electron chi connectivity index (χ3n) is 4.42. The Morgan fingerprint density at radius 2 is 1.81 bits per heavy atom. The van der Waals surface area contributed by atoms with Crippen LogP contribution in [-0.4, -0.2) is 34.0 Å². The van der Waals surface area contributed by atoms with Gasteiger partial charge in [0, 0.05) is 34.2 Å². The second-order valence-corrected chi connectivity index (χ2v) is 8.03. The van der Waals surface area contributed by atoms with Crippen LogP contribution in [-0.2, 0) is 5.75 Å². The molecule has 0 unspecified atom stereocenters. The first-order valence-corrected chi connectivity index (χ1v) is 10.4. The van der Waals surface area contributed by atoms with Gasteiger partial charge in [-0.2, -0.15) is 0 Å². The van der Waals surface area contributed by atoms with E-state index in [1.54, 1.807) is 38.4 Å². The van der Waals surface area contributed by atoms with Crippen LogP contribution in [0, 0.1) is 0 Å². The predicted molar refractivity (Wildman–Crippen MR) is 108 cm³/mol. The van der Waals surface area contributed by atoms with E-state index in [0.717, 1.165) is 38.1 Å². The number of nitrogens with zero attached hydrogens (tertiary/aromatic N) is 4. The molecule has 0 bridgehead atoms. The third kappa shape index (κ3) is 3.82. The molecule has 0 atom stereocenters. The molecule has 140 valence electrons. The average molecular weight is 447 g/mol. The average Bonchev–Trinajstić information content (AvgIpc) is 3.46. The molecule has 4 rings (SSSR count). The lowest BCUT2D eigenvalue weighted by Gasteiger charge is -2.12. The van der Waals surface area contributed by atoms with Crippen LogP contribution in [0.25, 0.3) is 11.4 Å². The number of rotatable bonds is 7. The van der Waals surface area contributed by atoms with Crippen LogP contribution in [0.5, 0.6) is 11.5 Å². The number of pyridine rings is 1. The standard InChI is InChI=1S/C19H19BrN4O2S/c1-25-16-9-13(15(20)10-17(16)26-2)11-27-19-23-22-18(24(19)14-3-4-14)12-5-7-21-8-6-12/h5-10,14H,3-4,11H2,1-2H3. The van der Waals surface area contributed by atoms with Gasteiger partial charge in [-0.3, -0.25) is 9.55 Å². The van der Waals surface area contributed by atoms with Crippen LogP contribution < -0.4 is 9.47 Å². The molecular formula is C19H19BrN4O2S. The summed E-state index contributed by atoms with van der Waals surface area (Å²) in [6.45, 7) is 0. The highest BCUT2D eigenvalue weighted by Crippen LogP contribution is 2.42. The zero-order valence-electron chi connectivity index (χ0n) is 15.1. The Labute approximate surface area is 170 Å². The van der Waals surface area contributed by atoms with Crippen molar-refractivity contribution in [3.63, 3.8) is 0 Å². The van der Waals surface area contributed by atoms with Crippen molar-refractivity contribution in [2.45, 2.75) is 29.8 Å². The molecule has 8 heteroatoms. The van der Waals surface area contributed by atoms with Gasteiger partial charge in [0.1, 0.15) is 0 Å². The van der Waals surface area contributed by atoms with Crippen LogP contribution in [0.4, 0.5) is 0 Å². The van der Waals surface area contributed by atoms with E-state index in [1.165, 1.54) is 12.8 Å². The minimum atomic E-state index is 0.486. The highest BCUT2D eigenvalue weighted by Gasteiger charge is 2.30. The van der Waals surface area contributed by atoms with Gasteiger partial charge in [0.2, 0.25) is 0 Å². The second kappa shape index (κ2) is 7.90. The Morgan fingerprint density at radius 3 is 2.48 bits per heavy atom. The molecule has 3 aromatic rings. The van der Waals surface area contributed by atoms with Gasteiger partial charge in [0.05, 0.1) is 14.2 Å². The fourth-order valence-corrected chi connectivity index (χ4v) is 4.53. The minimum Gasteiger partial charge on any atom is -0.493 e. The van der Waals surface area contributed by atoms with Gasteiger partial charge in [0.25, 0.3) is 0 Å². The van der Waals surface area contributed by atoms with Crippen molar-refractivity contribution in [1.29, 1.82) is 0 Å². The SMILES string of the molecule is COc1cc(Br)c(CSc2nnc(-c3ccncc3)n2C2CC2)cc1OC. The van der Waals surface area contributed by atoms with Gasteiger partial charge >= 0.3 is 0 Å². The number of hydrogen-bond donors (Lipinski definition) is 0. The number of hydrogen-bond acceptors (Lipinski definition) is 6. The van der Waals surface area contributed by atoms with E-state index in [1.807, 2.05) is 24.3 Å². The lowest BCUT2D eigenvalue weighted by atomic mass is 10.2. The van der Waals surface area contributed by atoms with E-state index >= 15 is 0 Å². The summed E-state index contributed by atoms with van der Waals surface area (Å²) in [5.74, 6) is 3.09. The van der Waals surface area contributed by atoms with Crippen molar-refractivity contribution in [1.82, 2.24) is 19.7 Å². The molecule has 27 heavy (non-hydrogen) atoms. The molecule has 0 N–H and O–H groups in total. The van der Waals surface area contributed by atoms with Gasteiger partial charge in [-0.15, -0.1) is 10.2 Å². The molecule has 0 radical (unpaired) electrons. The molecule has 2 aromatic heterocycles. The fourth-order valence-electron chi connectivity index (χ4n) is 2.88. The monoisotopic (exact) mass is 446 g/mol. The lowest BCUT2D eigenvalue weighted by molar-refractivity contribution is 0.354.